The average molecular weight is 356 g/mol. The van der Waals surface area contributed by atoms with Crippen LogP contribution < -0.4 is 9.80 Å². The molecule has 2 aliphatic rings. The molecule has 1 aromatic carbocycles. The van der Waals surface area contributed by atoms with Crippen molar-refractivity contribution in [2.24, 2.45) is 0 Å². The lowest BCUT2D eigenvalue weighted by Gasteiger charge is -2.30. The SMILES string of the molecule is CC(=O)N(c1nc(CN(c2ccccc2)C2CCCC2)cs1)C1CC1. The minimum absolute atomic E-state index is 0.110. The van der Waals surface area contributed by atoms with Crippen molar-refractivity contribution < 1.29 is 4.79 Å². The zero-order valence-electron chi connectivity index (χ0n) is 14.7. The van der Waals surface area contributed by atoms with Gasteiger partial charge in [-0.15, -0.1) is 11.3 Å². The molecule has 0 spiro atoms. The predicted molar refractivity (Wildman–Crippen MR) is 103 cm³/mol. The van der Waals surface area contributed by atoms with Crippen molar-refractivity contribution in [2.45, 2.75) is 64.1 Å². The first-order valence-electron chi connectivity index (χ1n) is 9.28. The second kappa shape index (κ2) is 7.16. The van der Waals surface area contributed by atoms with Crippen molar-refractivity contribution in [2.75, 3.05) is 9.80 Å². The first kappa shape index (κ1) is 16.6. The van der Waals surface area contributed by atoms with E-state index in [0.29, 0.717) is 12.1 Å². The molecule has 4 rings (SSSR count). The molecule has 2 saturated carbocycles. The maximum absolute atomic E-state index is 12.0. The number of rotatable bonds is 6. The molecule has 0 unspecified atom stereocenters. The van der Waals surface area contributed by atoms with Crippen molar-refractivity contribution in [3.8, 4) is 0 Å². The molecule has 132 valence electrons. The third-order valence-electron chi connectivity index (χ3n) is 5.18. The molecule has 2 aromatic rings. The van der Waals surface area contributed by atoms with Gasteiger partial charge in [-0.3, -0.25) is 9.69 Å². The zero-order chi connectivity index (χ0) is 17.2. The Morgan fingerprint density at radius 3 is 2.48 bits per heavy atom. The fraction of sp³-hybridized carbons (Fsp3) is 0.500. The van der Waals surface area contributed by atoms with Crippen molar-refractivity contribution in [3.05, 3.63) is 41.4 Å². The Labute approximate surface area is 153 Å². The molecule has 0 aliphatic heterocycles. The van der Waals surface area contributed by atoms with Crippen LogP contribution in [0, 0.1) is 0 Å². The number of nitrogens with zero attached hydrogens (tertiary/aromatic N) is 3. The molecule has 0 saturated heterocycles. The molecule has 4 nitrogen and oxygen atoms in total. The molecule has 0 atom stereocenters. The van der Waals surface area contributed by atoms with E-state index in [2.05, 4.69) is 40.6 Å². The van der Waals surface area contributed by atoms with Crippen LogP contribution in [0.3, 0.4) is 0 Å². The van der Waals surface area contributed by atoms with Gasteiger partial charge in [0.15, 0.2) is 5.13 Å². The fourth-order valence-corrected chi connectivity index (χ4v) is 4.73. The summed E-state index contributed by atoms with van der Waals surface area (Å²) in [5.74, 6) is 0.110. The molecule has 0 radical (unpaired) electrons. The van der Waals surface area contributed by atoms with E-state index in [-0.39, 0.29) is 5.91 Å². The van der Waals surface area contributed by atoms with Crippen molar-refractivity contribution in [1.82, 2.24) is 4.98 Å². The number of anilines is 2. The summed E-state index contributed by atoms with van der Waals surface area (Å²) < 4.78 is 0. The smallest absolute Gasteiger partial charge is 0.225 e. The molecule has 0 N–H and O–H groups in total. The number of carbonyl (C=O) groups excluding carboxylic acids is 1. The van der Waals surface area contributed by atoms with Crippen molar-refractivity contribution >= 4 is 28.1 Å². The number of carbonyl (C=O) groups is 1. The lowest BCUT2D eigenvalue weighted by molar-refractivity contribution is -0.116. The first-order chi connectivity index (χ1) is 12.2. The molecule has 1 heterocycles. The normalized spacial score (nSPS) is 17.6. The summed E-state index contributed by atoms with van der Waals surface area (Å²) >= 11 is 1.60. The van der Waals surface area contributed by atoms with Crippen LogP contribution in [0.2, 0.25) is 0 Å². The van der Waals surface area contributed by atoms with Gasteiger partial charge in [0.1, 0.15) is 0 Å². The molecule has 5 heteroatoms. The average Bonchev–Trinajstić information content (AvgIpc) is 3.10. The highest BCUT2D eigenvalue weighted by Gasteiger charge is 2.34. The zero-order valence-corrected chi connectivity index (χ0v) is 15.5. The van der Waals surface area contributed by atoms with E-state index in [1.54, 1.807) is 18.3 Å². The van der Waals surface area contributed by atoms with Gasteiger partial charge in [-0.2, -0.15) is 0 Å². The molecule has 2 aliphatic carbocycles. The molecule has 1 amide bonds. The number of benzene rings is 1. The quantitative estimate of drug-likeness (QED) is 0.759. The van der Waals surface area contributed by atoms with Crippen LogP contribution in [0.4, 0.5) is 10.8 Å². The third kappa shape index (κ3) is 3.71. The minimum atomic E-state index is 0.110. The number of thiazole rings is 1. The predicted octanol–water partition coefficient (Wildman–Crippen LogP) is 4.61. The highest BCUT2D eigenvalue weighted by molar-refractivity contribution is 7.14. The Morgan fingerprint density at radius 2 is 1.84 bits per heavy atom. The van der Waals surface area contributed by atoms with E-state index in [4.69, 9.17) is 4.98 Å². The van der Waals surface area contributed by atoms with Gasteiger partial charge in [0.2, 0.25) is 5.91 Å². The number of para-hydroxylation sites is 1. The number of aromatic nitrogens is 1. The van der Waals surface area contributed by atoms with E-state index >= 15 is 0 Å². The fourth-order valence-electron chi connectivity index (χ4n) is 3.80. The van der Waals surface area contributed by atoms with Gasteiger partial charge in [-0.1, -0.05) is 31.0 Å². The molecular formula is C20H25N3OS. The van der Waals surface area contributed by atoms with E-state index < -0.39 is 0 Å². The van der Waals surface area contributed by atoms with Crippen LogP contribution in [-0.4, -0.2) is 23.0 Å². The summed E-state index contributed by atoms with van der Waals surface area (Å²) in [5, 5.41) is 2.99. The molecular weight excluding hydrogens is 330 g/mol. The summed E-state index contributed by atoms with van der Waals surface area (Å²) in [5.41, 5.74) is 2.34. The van der Waals surface area contributed by atoms with E-state index in [0.717, 1.165) is 30.2 Å². The maximum Gasteiger partial charge on any atom is 0.225 e. The summed E-state index contributed by atoms with van der Waals surface area (Å²) in [6.07, 6.45) is 7.35. The number of hydrogen-bond donors (Lipinski definition) is 0. The Kier molecular flexibility index (Phi) is 4.75. The minimum Gasteiger partial charge on any atom is -0.363 e. The second-order valence-corrected chi connectivity index (χ2v) is 7.98. The van der Waals surface area contributed by atoms with Gasteiger partial charge in [0.25, 0.3) is 0 Å². The largest absolute Gasteiger partial charge is 0.363 e. The van der Waals surface area contributed by atoms with Gasteiger partial charge in [-0.25, -0.2) is 4.98 Å². The van der Waals surface area contributed by atoms with E-state index in [9.17, 15) is 4.79 Å². The van der Waals surface area contributed by atoms with Gasteiger partial charge in [0.05, 0.1) is 12.2 Å². The Hall–Kier alpha value is -1.88. The topological polar surface area (TPSA) is 36.4 Å². The highest BCUT2D eigenvalue weighted by atomic mass is 32.1. The van der Waals surface area contributed by atoms with Crippen LogP contribution in [0.15, 0.2) is 35.7 Å². The summed E-state index contributed by atoms with van der Waals surface area (Å²) in [4.78, 5) is 21.2. The van der Waals surface area contributed by atoms with Gasteiger partial charge in [0, 0.05) is 30.1 Å². The monoisotopic (exact) mass is 355 g/mol. The molecule has 25 heavy (non-hydrogen) atoms. The summed E-state index contributed by atoms with van der Waals surface area (Å²) in [7, 11) is 0. The lowest BCUT2D eigenvalue weighted by atomic mass is 10.1. The van der Waals surface area contributed by atoms with E-state index in [1.165, 1.54) is 31.4 Å². The second-order valence-electron chi connectivity index (χ2n) is 7.14. The van der Waals surface area contributed by atoms with E-state index in [1.807, 2.05) is 4.90 Å². The number of hydrogen-bond acceptors (Lipinski definition) is 4. The lowest BCUT2D eigenvalue weighted by Crippen LogP contribution is -2.33. The summed E-state index contributed by atoms with van der Waals surface area (Å²) in [6, 6.07) is 11.6. The van der Waals surface area contributed by atoms with Crippen LogP contribution in [-0.2, 0) is 11.3 Å². The first-order valence-corrected chi connectivity index (χ1v) is 10.2. The maximum atomic E-state index is 12.0. The molecule has 2 fully saturated rings. The molecule has 0 bridgehead atoms. The standard InChI is InChI=1S/C20H25N3OS/c1-15(24)23(19-11-12-19)20-21-16(14-25-20)13-22(18-9-5-6-10-18)17-7-3-2-4-8-17/h2-4,7-8,14,18-19H,5-6,9-13H2,1H3. The van der Waals surface area contributed by atoms with Gasteiger partial charge in [-0.05, 0) is 37.8 Å². The number of amides is 1. The van der Waals surface area contributed by atoms with Crippen LogP contribution in [0.1, 0.15) is 51.1 Å². The molecule has 1 aromatic heterocycles. The van der Waals surface area contributed by atoms with Gasteiger partial charge >= 0.3 is 0 Å². The Bertz CT molecular complexity index is 720. The Balaban J connectivity index is 1.55. The van der Waals surface area contributed by atoms with Crippen LogP contribution in [0.5, 0.6) is 0 Å². The highest BCUT2D eigenvalue weighted by Crippen LogP contribution is 2.35. The van der Waals surface area contributed by atoms with Crippen molar-refractivity contribution in [3.63, 3.8) is 0 Å². The van der Waals surface area contributed by atoms with Crippen LogP contribution >= 0.6 is 11.3 Å². The third-order valence-corrected chi connectivity index (χ3v) is 6.07. The van der Waals surface area contributed by atoms with Crippen molar-refractivity contribution in [1.29, 1.82) is 0 Å². The van der Waals surface area contributed by atoms with Crippen LogP contribution in [0.25, 0.3) is 0 Å². The summed E-state index contributed by atoms with van der Waals surface area (Å²) in [6.45, 7) is 2.47. The van der Waals surface area contributed by atoms with Gasteiger partial charge < -0.3 is 4.90 Å². The Morgan fingerprint density at radius 1 is 1.12 bits per heavy atom.